The number of ether oxygens (including phenoxy) is 3. The molecule has 3 aromatic carbocycles. The van der Waals surface area contributed by atoms with Gasteiger partial charge in [0.05, 0.1) is 13.0 Å². The summed E-state index contributed by atoms with van der Waals surface area (Å²) < 4.78 is 16.1. The largest absolute Gasteiger partial charge is 0.497 e. The van der Waals surface area contributed by atoms with Crippen LogP contribution in [0.25, 0.3) is 0 Å². The number of benzene rings is 3. The second-order valence-electron chi connectivity index (χ2n) is 7.34. The molecule has 1 heterocycles. The standard InChI is InChI=1S/C24H20O5/c1-27-17-6-4-5-15(11-17)12-19-18-7-2-3-8-20(18)24(26,23(19)25)16-9-10-21-22(13-16)29-14-28-21/h2-11,13,19,26H,12,14H2,1H3. The Labute approximate surface area is 168 Å². The van der Waals surface area contributed by atoms with Crippen LogP contribution in [0.3, 0.4) is 0 Å². The molecule has 1 aliphatic carbocycles. The van der Waals surface area contributed by atoms with Gasteiger partial charge in [0, 0.05) is 0 Å². The van der Waals surface area contributed by atoms with Crippen molar-refractivity contribution in [2.75, 3.05) is 13.9 Å². The van der Waals surface area contributed by atoms with Crippen LogP contribution in [0.1, 0.15) is 28.2 Å². The summed E-state index contributed by atoms with van der Waals surface area (Å²) in [6.45, 7) is 0.139. The summed E-state index contributed by atoms with van der Waals surface area (Å²) in [6, 6.07) is 20.3. The molecule has 0 aromatic heterocycles. The van der Waals surface area contributed by atoms with Crippen molar-refractivity contribution in [2.24, 2.45) is 0 Å². The lowest BCUT2D eigenvalue weighted by Crippen LogP contribution is -2.34. The van der Waals surface area contributed by atoms with E-state index in [0.717, 1.165) is 16.9 Å². The number of carbonyl (C=O) groups excluding carboxylic acids is 1. The van der Waals surface area contributed by atoms with Crippen LogP contribution >= 0.6 is 0 Å². The van der Waals surface area contributed by atoms with Gasteiger partial charge >= 0.3 is 0 Å². The van der Waals surface area contributed by atoms with Crippen LogP contribution in [0, 0.1) is 0 Å². The maximum absolute atomic E-state index is 13.6. The van der Waals surface area contributed by atoms with Gasteiger partial charge in [-0.15, -0.1) is 0 Å². The van der Waals surface area contributed by atoms with Crippen LogP contribution in [-0.4, -0.2) is 24.8 Å². The number of hydrogen-bond acceptors (Lipinski definition) is 5. The lowest BCUT2D eigenvalue weighted by Gasteiger charge is -2.24. The molecule has 0 fully saturated rings. The smallest absolute Gasteiger partial charge is 0.231 e. The zero-order valence-electron chi connectivity index (χ0n) is 15.9. The summed E-state index contributed by atoms with van der Waals surface area (Å²) in [7, 11) is 1.62. The molecule has 0 saturated carbocycles. The fraction of sp³-hybridized carbons (Fsp3) is 0.208. The number of methoxy groups -OCH3 is 1. The number of hydrogen-bond donors (Lipinski definition) is 1. The minimum atomic E-state index is -1.72. The molecule has 2 aliphatic rings. The van der Waals surface area contributed by atoms with Crippen LogP contribution in [-0.2, 0) is 16.8 Å². The second kappa shape index (κ2) is 6.64. The number of fused-ring (bicyclic) bond motifs is 2. The summed E-state index contributed by atoms with van der Waals surface area (Å²) in [5.74, 6) is 1.21. The molecule has 5 nitrogen and oxygen atoms in total. The Morgan fingerprint density at radius 3 is 2.72 bits per heavy atom. The molecule has 0 saturated heterocycles. The third-order valence-electron chi connectivity index (χ3n) is 5.76. The molecular formula is C24H20O5. The van der Waals surface area contributed by atoms with Crippen molar-refractivity contribution in [3.8, 4) is 17.2 Å². The highest BCUT2D eigenvalue weighted by atomic mass is 16.7. The van der Waals surface area contributed by atoms with Crippen molar-refractivity contribution >= 4 is 5.78 Å². The van der Waals surface area contributed by atoms with E-state index in [1.165, 1.54) is 0 Å². The normalized spacial score (nSPS) is 21.9. The Kier molecular flexibility index (Phi) is 4.07. The summed E-state index contributed by atoms with van der Waals surface area (Å²) in [6.07, 6.45) is 0.486. The van der Waals surface area contributed by atoms with Gasteiger partial charge < -0.3 is 19.3 Å². The predicted molar refractivity (Wildman–Crippen MR) is 106 cm³/mol. The van der Waals surface area contributed by atoms with Gasteiger partial charge in [-0.3, -0.25) is 4.79 Å². The van der Waals surface area contributed by atoms with Crippen molar-refractivity contribution in [2.45, 2.75) is 17.9 Å². The summed E-state index contributed by atoms with van der Waals surface area (Å²) in [5, 5.41) is 11.7. The molecule has 29 heavy (non-hydrogen) atoms. The Hall–Kier alpha value is -3.31. The number of rotatable bonds is 4. The molecule has 146 valence electrons. The second-order valence-corrected chi connectivity index (χ2v) is 7.34. The van der Waals surface area contributed by atoms with E-state index in [4.69, 9.17) is 14.2 Å². The van der Waals surface area contributed by atoms with Gasteiger partial charge in [-0.1, -0.05) is 42.5 Å². The quantitative estimate of drug-likeness (QED) is 0.740. The van der Waals surface area contributed by atoms with Gasteiger partial charge in [-0.2, -0.15) is 0 Å². The molecule has 5 heteroatoms. The average Bonchev–Trinajstić information content (AvgIpc) is 3.31. The van der Waals surface area contributed by atoms with E-state index < -0.39 is 11.5 Å². The Morgan fingerprint density at radius 2 is 1.86 bits per heavy atom. The number of ketones is 1. The zero-order valence-corrected chi connectivity index (χ0v) is 15.9. The lowest BCUT2D eigenvalue weighted by atomic mass is 9.85. The first-order chi connectivity index (χ1) is 14.1. The van der Waals surface area contributed by atoms with Crippen LogP contribution in [0.5, 0.6) is 17.2 Å². The van der Waals surface area contributed by atoms with Crippen molar-refractivity contribution in [1.29, 1.82) is 0 Å². The first kappa shape index (κ1) is 17.8. The summed E-state index contributed by atoms with van der Waals surface area (Å²) in [4.78, 5) is 13.6. The Bertz CT molecular complexity index is 1110. The monoisotopic (exact) mass is 388 g/mol. The van der Waals surface area contributed by atoms with Gasteiger partial charge in [-0.05, 0) is 52.9 Å². The molecule has 2 unspecified atom stereocenters. The fourth-order valence-electron chi connectivity index (χ4n) is 4.31. The van der Waals surface area contributed by atoms with E-state index in [2.05, 4.69) is 0 Å². The van der Waals surface area contributed by atoms with Crippen molar-refractivity contribution in [1.82, 2.24) is 0 Å². The molecule has 2 atom stereocenters. The Morgan fingerprint density at radius 1 is 1.03 bits per heavy atom. The van der Waals surface area contributed by atoms with E-state index in [1.807, 2.05) is 48.5 Å². The lowest BCUT2D eigenvalue weighted by molar-refractivity contribution is -0.133. The molecule has 0 bridgehead atoms. The molecule has 0 amide bonds. The van der Waals surface area contributed by atoms with Crippen LogP contribution in [0.2, 0.25) is 0 Å². The van der Waals surface area contributed by atoms with Gasteiger partial charge in [-0.25, -0.2) is 0 Å². The van der Waals surface area contributed by atoms with E-state index in [1.54, 1.807) is 25.3 Å². The van der Waals surface area contributed by atoms with E-state index in [9.17, 15) is 9.90 Å². The van der Waals surface area contributed by atoms with E-state index in [-0.39, 0.29) is 12.6 Å². The SMILES string of the molecule is COc1cccc(CC2C(=O)C(O)(c3ccc4c(c3)OCO4)c3ccccc32)c1. The van der Waals surface area contributed by atoms with Crippen molar-refractivity contribution in [3.05, 3.63) is 89.0 Å². The van der Waals surface area contributed by atoms with Crippen molar-refractivity contribution < 1.29 is 24.1 Å². The third-order valence-corrected chi connectivity index (χ3v) is 5.76. The average molecular weight is 388 g/mol. The van der Waals surface area contributed by atoms with Gasteiger partial charge in [0.25, 0.3) is 0 Å². The van der Waals surface area contributed by atoms with Gasteiger partial charge in [0.1, 0.15) is 5.75 Å². The van der Waals surface area contributed by atoms with E-state index in [0.29, 0.717) is 29.0 Å². The van der Waals surface area contributed by atoms with Crippen molar-refractivity contribution in [3.63, 3.8) is 0 Å². The number of aliphatic hydroxyl groups is 1. The first-order valence-electron chi connectivity index (χ1n) is 9.50. The maximum Gasteiger partial charge on any atom is 0.231 e. The fourth-order valence-corrected chi connectivity index (χ4v) is 4.31. The molecule has 0 spiro atoms. The number of Topliss-reactive ketones (excluding diaryl/α,β-unsaturated/α-hetero) is 1. The topological polar surface area (TPSA) is 65.0 Å². The highest BCUT2D eigenvalue weighted by Crippen LogP contribution is 2.48. The summed E-state index contributed by atoms with van der Waals surface area (Å²) in [5.41, 5.74) is 1.22. The van der Waals surface area contributed by atoms with Gasteiger partial charge in [0.15, 0.2) is 22.9 Å². The van der Waals surface area contributed by atoms with Gasteiger partial charge in [0.2, 0.25) is 6.79 Å². The maximum atomic E-state index is 13.6. The van der Waals surface area contributed by atoms with Crippen LogP contribution in [0.4, 0.5) is 0 Å². The minimum absolute atomic E-state index is 0.139. The molecule has 5 rings (SSSR count). The Balaban J connectivity index is 1.58. The zero-order chi connectivity index (χ0) is 20.0. The molecule has 1 N–H and O–H groups in total. The highest BCUT2D eigenvalue weighted by Gasteiger charge is 2.51. The minimum Gasteiger partial charge on any atom is -0.497 e. The summed E-state index contributed by atoms with van der Waals surface area (Å²) >= 11 is 0. The van der Waals surface area contributed by atoms with E-state index >= 15 is 0 Å². The first-order valence-corrected chi connectivity index (χ1v) is 9.50. The molecule has 3 aromatic rings. The third kappa shape index (κ3) is 2.69. The van der Waals surface area contributed by atoms with Crippen LogP contribution < -0.4 is 14.2 Å². The predicted octanol–water partition coefficient (Wildman–Crippen LogP) is 3.57. The molecule has 1 aliphatic heterocycles. The van der Waals surface area contributed by atoms with Crippen LogP contribution in [0.15, 0.2) is 66.7 Å². The molecule has 0 radical (unpaired) electrons. The number of carbonyl (C=O) groups is 1. The molecular weight excluding hydrogens is 368 g/mol. The highest BCUT2D eigenvalue weighted by molar-refractivity contribution is 6.02.